The number of rotatable bonds is 6. The summed E-state index contributed by atoms with van der Waals surface area (Å²) in [5.74, 6) is 0.286. The molecule has 110 valence electrons. The number of nitrogens with one attached hydrogen (secondary N) is 1. The first-order valence-corrected chi connectivity index (χ1v) is 7.13. The van der Waals surface area contributed by atoms with Crippen molar-refractivity contribution in [1.29, 1.82) is 0 Å². The van der Waals surface area contributed by atoms with E-state index in [1.165, 1.54) is 13.3 Å². The summed E-state index contributed by atoms with van der Waals surface area (Å²) >= 11 is 0. The molecule has 0 bridgehead atoms. The number of hydrogen-bond acceptors (Lipinski definition) is 3. The summed E-state index contributed by atoms with van der Waals surface area (Å²) in [5, 5.41) is 11.2. The molecule has 0 aliphatic carbocycles. The van der Waals surface area contributed by atoms with E-state index in [4.69, 9.17) is 5.11 Å². The Hall–Kier alpha value is -1.10. The molecular weight excluding hydrogens is 244 g/mol. The first-order chi connectivity index (χ1) is 8.88. The van der Waals surface area contributed by atoms with Crippen LogP contribution in [0.25, 0.3) is 0 Å². The molecule has 5 heteroatoms. The van der Waals surface area contributed by atoms with Gasteiger partial charge in [0.1, 0.15) is 6.04 Å². The Morgan fingerprint density at radius 2 is 1.89 bits per heavy atom. The van der Waals surface area contributed by atoms with Crippen LogP contribution in [0.5, 0.6) is 0 Å². The van der Waals surface area contributed by atoms with Crippen LogP contribution in [0.1, 0.15) is 40.0 Å². The zero-order valence-corrected chi connectivity index (χ0v) is 12.2. The number of piperidine rings is 1. The molecule has 5 nitrogen and oxygen atoms in total. The van der Waals surface area contributed by atoms with Crippen molar-refractivity contribution >= 4 is 11.9 Å². The van der Waals surface area contributed by atoms with Crippen molar-refractivity contribution < 1.29 is 14.7 Å². The first-order valence-electron chi connectivity index (χ1n) is 7.13. The number of carbonyl (C=O) groups is 2. The van der Waals surface area contributed by atoms with Crippen LogP contribution in [-0.2, 0) is 9.59 Å². The minimum Gasteiger partial charge on any atom is -0.480 e. The Bertz CT molecular complexity index is 310. The van der Waals surface area contributed by atoms with Gasteiger partial charge < -0.3 is 15.3 Å². The van der Waals surface area contributed by atoms with Crippen molar-refractivity contribution in [2.75, 3.05) is 19.6 Å². The lowest BCUT2D eigenvalue weighted by Crippen LogP contribution is -2.40. The van der Waals surface area contributed by atoms with Gasteiger partial charge in [-0.1, -0.05) is 13.8 Å². The van der Waals surface area contributed by atoms with Crippen molar-refractivity contribution in [3.8, 4) is 0 Å². The second-order valence-corrected chi connectivity index (χ2v) is 5.94. The summed E-state index contributed by atoms with van der Waals surface area (Å²) in [6.07, 6.45) is 2.47. The van der Waals surface area contributed by atoms with E-state index in [0.29, 0.717) is 6.42 Å². The third kappa shape index (κ3) is 6.05. The molecule has 3 unspecified atom stereocenters. The molecule has 0 radical (unpaired) electrons. The average molecular weight is 270 g/mol. The fourth-order valence-corrected chi connectivity index (χ4v) is 2.81. The molecule has 1 heterocycles. The second kappa shape index (κ2) is 7.48. The Labute approximate surface area is 115 Å². The largest absolute Gasteiger partial charge is 0.480 e. The maximum Gasteiger partial charge on any atom is 0.325 e. The van der Waals surface area contributed by atoms with Gasteiger partial charge in [0.05, 0.1) is 0 Å². The monoisotopic (exact) mass is 270 g/mol. The van der Waals surface area contributed by atoms with Crippen LogP contribution in [0.4, 0.5) is 0 Å². The van der Waals surface area contributed by atoms with Gasteiger partial charge in [-0.25, -0.2) is 0 Å². The minimum atomic E-state index is -0.993. The summed E-state index contributed by atoms with van der Waals surface area (Å²) in [6, 6.07) is -0.803. The van der Waals surface area contributed by atoms with E-state index >= 15 is 0 Å². The van der Waals surface area contributed by atoms with Crippen LogP contribution in [0.15, 0.2) is 0 Å². The van der Waals surface area contributed by atoms with Crippen molar-refractivity contribution in [3.63, 3.8) is 0 Å². The number of aliphatic carboxylic acids is 1. The SMILES string of the molecule is CC1CC(C)CN(CCCC(=O)NC(C)C(=O)O)C1. The van der Waals surface area contributed by atoms with Gasteiger partial charge >= 0.3 is 5.97 Å². The van der Waals surface area contributed by atoms with E-state index in [0.717, 1.165) is 37.9 Å². The van der Waals surface area contributed by atoms with E-state index in [9.17, 15) is 9.59 Å². The summed E-state index contributed by atoms with van der Waals surface area (Å²) in [5.41, 5.74) is 0. The Morgan fingerprint density at radius 1 is 1.32 bits per heavy atom. The predicted octanol–water partition coefficient (Wildman–Crippen LogP) is 1.33. The van der Waals surface area contributed by atoms with Crippen molar-refractivity contribution in [2.24, 2.45) is 11.8 Å². The van der Waals surface area contributed by atoms with Crippen LogP contribution >= 0.6 is 0 Å². The van der Waals surface area contributed by atoms with Crippen LogP contribution in [0.3, 0.4) is 0 Å². The first kappa shape index (κ1) is 16.0. The molecule has 2 N–H and O–H groups in total. The summed E-state index contributed by atoms with van der Waals surface area (Å²) < 4.78 is 0. The lowest BCUT2D eigenvalue weighted by atomic mass is 9.92. The molecule has 0 aromatic heterocycles. The third-order valence-corrected chi connectivity index (χ3v) is 3.57. The highest BCUT2D eigenvalue weighted by Crippen LogP contribution is 2.20. The smallest absolute Gasteiger partial charge is 0.325 e. The van der Waals surface area contributed by atoms with Crippen molar-refractivity contribution in [3.05, 3.63) is 0 Å². The van der Waals surface area contributed by atoms with Gasteiger partial charge in [-0.15, -0.1) is 0 Å². The number of carboxylic acids is 1. The molecule has 0 spiro atoms. The molecular formula is C14H26N2O3. The van der Waals surface area contributed by atoms with Crippen molar-refractivity contribution in [1.82, 2.24) is 10.2 Å². The molecule has 0 saturated carbocycles. The average Bonchev–Trinajstić information content (AvgIpc) is 2.27. The number of hydrogen-bond donors (Lipinski definition) is 2. The van der Waals surface area contributed by atoms with E-state index in [1.807, 2.05) is 0 Å². The standard InChI is InChI=1S/C14H26N2O3/c1-10-7-11(2)9-16(8-10)6-4-5-13(17)15-12(3)14(18)19/h10-12H,4-9H2,1-3H3,(H,15,17)(H,18,19). The molecule has 1 fully saturated rings. The van der Waals surface area contributed by atoms with Gasteiger partial charge in [0, 0.05) is 19.5 Å². The predicted molar refractivity (Wildman–Crippen MR) is 73.9 cm³/mol. The fraction of sp³-hybridized carbons (Fsp3) is 0.857. The molecule has 1 saturated heterocycles. The lowest BCUT2D eigenvalue weighted by Gasteiger charge is -2.34. The van der Waals surface area contributed by atoms with Gasteiger partial charge in [0.2, 0.25) is 5.91 Å². The zero-order chi connectivity index (χ0) is 14.4. The zero-order valence-electron chi connectivity index (χ0n) is 12.2. The van der Waals surface area contributed by atoms with Gasteiger partial charge in [0.25, 0.3) is 0 Å². The quantitative estimate of drug-likeness (QED) is 0.764. The molecule has 0 aromatic rings. The second-order valence-electron chi connectivity index (χ2n) is 5.94. The minimum absolute atomic E-state index is 0.173. The fourth-order valence-electron chi connectivity index (χ4n) is 2.81. The molecule has 1 aliphatic heterocycles. The molecule has 1 rings (SSSR count). The Morgan fingerprint density at radius 3 is 2.42 bits per heavy atom. The Balaban J connectivity index is 2.19. The van der Waals surface area contributed by atoms with Gasteiger partial charge in [0.15, 0.2) is 0 Å². The van der Waals surface area contributed by atoms with Gasteiger partial charge in [-0.3, -0.25) is 9.59 Å². The molecule has 3 atom stereocenters. The number of carbonyl (C=O) groups excluding carboxylic acids is 1. The molecule has 0 aromatic carbocycles. The molecule has 1 aliphatic rings. The van der Waals surface area contributed by atoms with E-state index in [-0.39, 0.29) is 5.91 Å². The highest BCUT2D eigenvalue weighted by atomic mass is 16.4. The number of amides is 1. The Kier molecular flexibility index (Phi) is 6.28. The maximum atomic E-state index is 11.5. The van der Waals surface area contributed by atoms with Crippen LogP contribution < -0.4 is 5.32 Å². The van der Waals surface area contributed by atoms with Crippen molar-refractivity contribution in [2.45, 2.75) is 46.1 Å². The number of likely N-dealkylation sites (tertiary alicyclic amines) is 1. The molecule has 1 amide bonds. The van der Waals surface area contributed by atoms with Gasteiger partial charge in [-0.2, -0.15) is 0 Å². The van der Waals surface area contributed by atoms with Crippen LogP contribution in [0.2, 0.25) is 0 Å². The van der Waals surface area contributed by atoms with E-state index in [2.05, 4.69) is 24.1 Å². The number of nitrogens with zero attached hydrogens (tertiary/aromatic N) is 1. The summed E-state index contributed by atoms with van der Waals surface area (Å²) in [6.45, 7) is 9.15. The lowest BCUT2D eigenvalue weighted by molar-refractivity contribution is -0.141. The highest BCUT2D eigenvalue weighted by molar-refractivity contribution is 5.83. The van der Waals surface area contributed by atoms with E-state index in [1.54, 1.807) is 0 Å². The third-order valence-electron chi connectivity index (χ3n) is 3.57. The van der Waals surface area contributed by atoms with Gasteiger partial charge in [-0.05, 0) is 38.1 Å². The number of carboxylic acid groups (broad SMARTS) is 1. The summed E-state index contributed by atoms with van der Waals surface area (Å²) in [7, 11) is 0. The topological polar surface area (TPSA) is 69.6 Å². The normalized spacial score (nSPS) is 25.8. The van der Waals surface area contributed by atoms with E-state index < -0.39 is 12.0 Å². The molecule has 19 heavy (non-hydrogen) atoms. The highest BCUT2D eigenvalue weighted by Gasteiger charge is 2.21. The van der Waals surface area contributed by atoms with Crippen LogP contribution in [0, 0.1) is 11.8 Å². The summed E-state index contributed by atoms with van der Waals surface area (Å²) in [4.78, 5) is 24.5. The maximum absolute atomic E-state index is 11.5. The van der Waals surface area contributed by atoms with Crippen LogP contribution in [-0.4, -0.2) is 47.6 Å².